The van der Waals surface area contributed by atoms with Crippen LogP contribution in [0.4, 0.5) is 0 Å². The normalized spacial score (nSPS) is 48.2. The Bertz CT molecular complexity index is 272. The molecule has 3 unspecified atom stereocenters. The summed E-state index contributed by atoms with van der Waals surface area (Å²) in [6.45, 7) is 2.36. The molecule has 1 saturated carbocycles. The van der Waals surface area contributed by atoms with E-state index >= 15 is 0 Å². The van der Waals surface area contributed by atoms with Crippen molar-refractivity contribution in [2.24, 2.45) is 17.3 Å². The van der Waals surface area contributed by atoms with E-state index in [4.69, 9.17) is 0 Å². The van der Waals surface area contributed by atoms with Crippen LogP contribution in [-0.4, -0.2) is 0 Å². The number of allylic oxidation sites excluding steroid dienone is 4. The van der Waals surface area contributed by atoms with Gasteiger partial charge < -0.3 is 0 Å². The summed E-state index contributed by atoms with van der Waals surface area (Å²) in [6.07, 6.45) is 12.9. The van der Waals surface area contributed by atoms with Crippen LogP contribution in [0.2, 0.25) is 0 Å². The zero-order valence-corrected chi connectivity index (χ0v) is 7.72. The summed E-state index contributed by atoms with van der Waals surface area (Å²) < 4.78 is 0. The maximum atomic E-state index is 2.53. The Morgan fingerprint density at radius 2 is 2.50 bits per heavy atom. The van der Waals surface area contributed by atoms with Crippen LogP contribution in [-0.2, 0) is 0 Å². The van der Waals surface area contributed by atoms with Crippen LogP contribution in [0.5, 0.6) is 0 Å². The van der Waals surface area contributed by atoms with Crippen LogP contribution >= 0.6 is 0 Å². The molecule has 0 nitrogen and oxygen atoms in total. The molecule has 64 valence electrons. The van der Waals surface area contributed by atoms with E-state index in [1.54, 1.807) is 5.57 Å². The first-order valence-corrected chi connectivity index (χ1v) is 5.23. The first-order chi connectivity index (χ1) is 5.87. The van der Waals surface area contributed by atoms with Crippen molar-refractivity contribution >= 4 is 0 Å². The molecule has 1 fully saturated rings. The van der Waals surface area contributed by atoms with Gasteiger partial charge in [-0.3, -0.25) is 0 Å². The topological polar surface area (TPSA) is 0 Å². The highest BCUT2D eigenvalue weighted by atomic mass is 14.6. The van der Waals surface area contributed by atoms with Crippen molar-refractivity contribution < 1.29 is 0 Å². The lowest BCUT2D eigenvalue weighted by Gasteiger charge is -2.34. The second-order valence-corrected chi connectivity index (χ2v) is 4.60. The molecular formula is C12H16. The van der Waals surface area contributed by atoms with Gasteiger partial charge in [0.2, 0.25) is 0 Å². The molecule has 0 spiro atoms. The minimum absolute atomic E-state index is 0.614. The third-order valence-electron chi connectivity index (χ3n) is 4.39. The van der Waals surface area contributed by atoms with E-state index in [-0.39, 0.29) is 0 Å². The molecule has 0 saturated heterocycles. The molecule has 0 aromatic heterocycles. The molecule has 2 bridgehead atoms. The van der Waals surface area contributed by atoms with Gasteiger partial charge in [-0.1, -0.05) is 30.7 Å². The fraction of sp³-hybridized carbons (Fsp3) is 0.667. The molecule has 0 aromatic carbocycles. The Kier molecular flexibility index (Phi) is 1.18. The third-order valence-corrected chi connectivity index (χ3v) is 4.39. The molecule has 0 aliphatic heterocycles. The van der Waals surface area contributed by atoms with E-state index in [2.05, 4.69) is 25.2 Å². The SMILES string of the molecule is CCC12CC=CC1C1CC=C2C1. The largest absolute Gasteiger partial charge is 0.0873 e. The van der Waals surface area contributed by atoms with Gasteiger partial charge >= 0.3 is 0 Å². The fourth-order valence-electron chi connectivity index (χ4n) is 3.73. The van der Waals surface area contributed by atoms with E-state index in [0.29, 0.717) is 5.41 Å². The van der Waals surface area contributed by atoms with E-state index in [0.717, 1.165) is 11.8 Å². The standard InChI is InChI=1S/C12H16/c1-2-12-7-3-4-11(12)9-5-6-10(12)8-9/h3-4,6,9,11H,2,5,7-8H2,1H3. The molecular weight excluding hydrogens is 144 g/mol. The average Bonchev–Trinajstić information content (AvgIpc) is 2.76. The van der Waals surface area contributed by atoms with Gasteiger partial charge in [-0.15, -0.1) is 0 Å². The molecule has 0 amide bonds. The quantitative estimate of drug-likeness (QED) is 0.516. The second-order valence-electron chi connectivity index (χ2n) is 4.60. The summed E-state index contributed by atoms with van der Waals surface area (Å²) in [6, 6.07) is 0. The van der Waals surface area contributed by atoms with Crippen LogP contribution in [0.15, 0.2) is 23.8 Å². The minimum atomic E-state index is 0.614. The van der Waals surface area contributed by atoms with Crippen LogP contribution in [0, 0.1) is 17.3 Å². The van der Waals surface area contributed by atoms with Gasteiger partial charge in [0.15, 0.2) is 0 Å². The number of fused-ring (bicyclic) bond motifs is 5. The molecule has 0 radical (unpaired) electrons. The van der Waals surface area contributed by atoms with Crippen molar-refractivity contribution in [2.45, 2.75) is 32.6 Å². The third kappa shape index (κ3) is 0.573. The second kappa shape index (κ2) is 2.04. The van der Waals surface area contributed by atoms with Crippen LogP contribution in [0.25, 0.3) is 0 Å². The molecule has 0 aromatic rings. The van der Waals surface area contributed by atoms with Crippen molar-refractivity contribution in [3.05, 3.63) is 23.8 Å². The molecule has 3 rings (SSSR count). The van der Waals surface area contributed by atoms with E-state index in [1.807, 2.05) is 0 Å². The highest BCUT2D eigenvalue weighted by Gasteiger charge is 2.52. The van der Waals surface area contributed by atoms with Crippen molar-refractivity contribution in [3.8, 4) is 0 Å². The van der Waals surface area contributed by atoms with Gasteiger partial charge in [0.05, 0.1) is 0 Å². The molecule has 12 heavy (non-hydrogen) atoms. The summed E-state index contributed by atoms with van der Waals surface area (Å²) >= 11 is 0. The lowest BCUT2D eigenvalue weighted by Crippen LogP contribution is -2.25. The first kappa shape index (κ1) is 6.94. The van der Waals surface area contributed by atoms with Gasteiger partial charge in [0.1, 0.15) is 0 Å². The number of hydrogen-bond donors (Lipinski definition) is 0. The summed E-state index contributed by atoms with van der Waals surface area (Å²) in [5.41, 5.74) is 2.41. The highest BCUT2D eigenvalue weighted by Crippen LogP contribution is 2.62. The molecule has 0 N–H and O–H groups in total. The minimum Gasteiger partial charge on any atom is -0.0873 e. The van der Waals surface area contributed by atoms with Crippen LogP contribution in [0.1, 0.15) is 32.6 Å². The smallest absolute Gasteiger partial charge is 0.000939 e. The molecule has 0 heteroatoms. The van der Waals surface area contributed by atoms with Gasteiger partial charge in [-0.2, -0.15) is 0 Å². The van der Waals surface area contributed by atoms with Crippen molar-refractivity contribution in [1.82, 2.24) is 0 Å². The monoisotopic (exact) mass is 160 g/mol. The fourth-order valence-corrected chi connectivity index (χ4v) is 3.73. The summed E-state index contributed by atoms with van der Waals surface area (Å²) in [4.78, 5) is 0. The van der Waals surface area contributed by atoms with Gasteiger partial charge in [0.25, 0.3) is 0 Å². The maximum Gasteiger partial charge on any atom is 0.000939 e. The molecule has 0 heterocycles. The Morgan fingerprint density at radius 1 is 1.58 bits per heavy atom. The van der Waals surface area contributed by atoms with Crippen LogP contribution < -0.4 is 0 Å². The number of rotatable bonds is 1. The first-order valence-electron chi connectivity index (χ1n) is 5.23. The molecule has 3 aliphatic rings. The molecule has 3 aliphatic carbocycles. The van der Waals surface area contributed by atoms with E-state index < -0.39 is 0 Å². The lowest BCUT2D eigenvalue weighted by molar-refractivity contribution is 0.250. The zero-order chi connectivity index (χ0) is 8.18. The van der Waals surface area contributed by atoms with Gasteiger partial charge in [-0.05, 0) is 37.5 Å². The van der Waals surface area contributed by atoms with Crippen molar-refractivity contribution in [3.63, 3.8) is 0 Å². The zero-order valence-electron chi connectivity index (χ0n) is 7.72. The summed E-state index contributed by atoms with van der Waals surface area (Å²) in [7, 11) is 0. The van der Waals surface area contributed by atoms with Gasteiger partial charge in [-0.25, -0.2) is 0 Å². The predicted molar refractivity (Wildman–Crippen MR) is 50.8 cm³/mol. The summed E-state index contributed by atoms with van der Waals surface area (Å²) in [5, 5.41) is 0. The Morgan fingerprint density at radius 3 is 3.25 bits per heavy atom. The highest BCUT2D eigenvalue weighted by molar-refractivity contribution is 5.35. The Balaban J connectivity index is 2.10. The van der Waals surface area contributed by atoms with Gasteiger partial charge in [0, 0.05) is 5.41 Å². The summed E-state index contributed by atoms with van der Waals surface area (Å²) in [5.74, 6) is 1.90. The Hall–Kier alpha value is -0.520. The van der Waals surface area contributed by atoms with Crippen LogP contribution in [0.3, 0.4) is 0 Å². The van der Waals surface area contributed by atoms with Crippen molar-refractivity contribution in [1.29, 1.82) is 0 Å². The molecule has 3 atom stereocenters. The predicted octanol–water partition coefficient (Wildman–Crippen LogP) is 3.31. The lowest BCUT2D eigenvalue weighted by atomic mass is 9.70. The average molecular weight is 160 g/mol. The maximum absolute atomic E-state index is 2.53. The number of hydrogen-bond acceptors (Lipinski definition) is 0. The van der Waals surface area contributed by atoms with E-state index in [1.165, 1.54) is 25.7 Å². The van der Waals surface area contributed by atoms with E-state index in [9.17, 15) is 0 Å². The Labute approximate surface area is 74.4 Å². The van der Waals surface area contributed by atoms with Crippen molar-refractivity contribution in [2.75, 3.05) is 0 Å².